The van der Waals surface area contributed by atoms with Gasteiger partial charge in [-0.25, -0.2) is 9.59 Å². The first-order valence-corrected chi connectivity index (χ1v) is 13.9. The molecule has 0 fully saturated rings. The van der Waals surface area contributed by atoms with Crippen molar-refractivity contribution in [3.63, 3.8) is 0 Å². The molecule has 0 unspecified atom stereocenters. The first kappa shape index (κ1) is 34.3. The monoisotopic (exact) mass is 680 g/mol. The van der Waals surface area contributed by atoms with Crippen LogP contribution < -0.4 is 15.2 Å². The maximum Gasteiger partial charge on any atom is 0.337 e. The van der Waals surface area contributed by atoms with Gasteiger partial charge in [0.1, 0.15) is 29.7 Å². The Hall–Kier alpha value is -4.22. The standard InChI is InChI=1S/C15H11Cl2NO5.C15H13Cl2NO3/c1-22-15(19)10-4-2-9(3-5-10)8-23-14-7-13(18(20)21)11(16)6-12(14)17;1-20-15(19)10-4-2-9(3-5-10)8-21-14-7-13(18)11(16)6-12(14)17/h2-7H,8H2,1H3;2-7H,8,18H2,1H3. The zero-order valence-corrected chi connectivity index (χ0v) is 26.2. The van der Waals surface area contributed by atoms with Gasteiger partial charge in [-0.1, -0.05) is 70.7 Å². The number of hydrogen-bond donors (Lipinski definition) is 1. The number of nitrogen functional groups attached to an aromatic ring is 1. The molecule has 0 aromatic heterocycles. The van der Waals surface area contributed by atoms with E-state index in [0.29, 0.717) is 39.2 Å². The zero-order chi connectivity index (χ0) is 32.4. The number of carbonyl (C=O) groups excluding carboxylic acids is 2. The molecule has 0 spiro atoms. The minimum Gasteiger partial charge on any atom is -0.487 e. The fourth-order valence-electron chi connectivity index (χ4n) is 3.46. The summed E-state index contributed by atoms with van der Waals surface area (Å²) in [7, 11) is 2.64. The third kappa shape index (κ3) is 9.39. The van der Waals surface area contributed by atoms with Gasteiger partial charge in [-0.15, -0.1) is 0 Å². The maximum atomic E-state index is 11.3. The highest BCUT2D eigenvalue weighted by molar-refractivity contribution is 6.37. The van der Waals surface area contributed by atoms with Crippen LogP contribution in [0.4, 0.5) is 11.4 Å². The molecule has 14 heteroatoms. The van der Waals surface area contributed by atoms with Crippen LogP contribution in [0.5, 0.6) is 11.5 Å². The van der Waals surface area contributed by atoms with Crippen molar-refractivity contribution >= 4 is 69.7 Å². The summed E-state index contributed by atoms with van der Waals surface area (Å²) in [4.78, 5) is 32.9. The van der Waals surface area contributed by atoms with Crippen molar-refractivity contribution in [2.75, 3.05) is 20.0 Å². The Kier molecular flexibility index (Phi) is 12.5. The molecule has 0 aliphatic carbocycles. The third-order valence-corrected chi connectivity index (χ3v) is 7.01. The molecular formula is C30H24Cl4N2O8. The summed E-state index contributed by atoms with van der Waals surface area (Å²) in [5.41, 5.74) is 8.35. The molecule has 0 amide bonds. The summed E-state index contributed by atoms with van der Waals surface area (Å²) in [6.07, 6.45) is 0. The smallest absolute Gasteiger partial charge is 0.337 e. The van der Waals surface area contributed by atoms with Gasteiger partial charge in [0, 0.05) is 6.07 Å². The number of nitro groups is 1. The molecule has 10 nitrogen and oxygen atoms in total. The predicted molar refractivity (Wildman–Crippen MR) is 168 cm³/mol. The molecule has 4 aromatic rings. The van der Waals surface area contributed by atoms with Crippen LogP contribution in [0.15, 0.2) is 72.8 Å². The Bertz CT molecular complexity index is 1650. The van der Waals surface area contributed by atoms with E-state index in [0.717, 1.165) is 11.1 Å². The highest BCUT2D eigenvalue weighted by atomic mass is 35.5. The Morgan fingerprint density at radius 3 is 1.50 bits per heavy atom. The third-order valence-electron chi connectivity index (χ3n) is 5.79. The van der Waals surface area contributed by atoms with Gasteiger partial charge in [0.25, 0.3) is 5.69 Å². The van der Waals surface area contributed by atoms with Gasteiger partial charge in [-0.3, -0.25) is 10.1 Å². The van der Waals surface area contributed by atoms with Crippen molar-refractivity contribution in [3.05, 3.63) is 125 Å². The van der Waals surface area contributed by atoms with E-state index in [4.69, 9.17) is 61.6 Å². The number of carbonyl (C=O) groups is 2. The largest absolute Gasteiger partial charge is 0.487 e. The second kappa shape index (κ2) is 16.0. The molecule has 0 aliphatic rings. The number of anilines is 1. The number of halogens is 4. The summed E-state index contributed by atoms with van der Waals surface area (Å²) in [5.74, 6) is -0.208. The van der Waals surface area contributed by atoms with Crippen molar-refractivity contribution < 1.29 is 33.5 Å². The number of nitro benzene ring substituents is 1. The van der Waals surface area contributed by atoms with Crippen LogP contribution in [-0.2, 0) is 22.7 Å². The van der Waals surface area contributed by atoms with Gasteiger partial charge in [0.2, 0.25) is 0 Å². The zero-order valence-electron chi connectivity index (χ0n) is 23.1. The van der Waals surface area contributed by atoms with Crippen molar-refractivity contribution in [1.29, 1.82) is 0 Å². The number of hydrogen-bond acceptors (Lipinski definition) is 9. The van der Waals surface area contributed by atoms with E-state index >= 15 is 0 Å². The lowest BCUT2D eigenvalue weighted by Gasteiger charge is -2.10. The number of nitrogens with two attached hydrogens (primary N) is 1. The summed E-state index contributed by atoms with van der Waals surface area (Å²) in [6, 6.07) is 19.0. The van der Waals surface area contributed by atoms with Gasteiger partial charge < -0.3 is 24.7 Å². The Morgan fingerprint density at radius 2 is 1.09 bits per heavy atom. The van der Waals surface area contributed by atoms with Crippen LogP contribution in [0.2, 0.25) is 20.1 Å². The summed E-state index contributed by atoms with van der Waals surface area (Å²) in [6.45, 7) is 0.419. The molecule has 0 bridgehead atoms. The number of ether oxygens (including phenoxy) is 4. The summed E-state index contributed by atoms with van der Waals surface area (Å²) < 4.78 is 20.3. The lowest BCUT2D eigenvalue weighted by Crippen LogP contribution is -2.02. The molecular weight excluding hydrogens is 658 g/mol. The van der Waals surface area contributed by atoms with Gasteiger partial charge in [0.15, 0.2) is 0 Å². The van der Waals surface area contributed by atoms with E-state index in [1.54, 1.807) is 54.6 Å². The molecule has 0 radical (unpaired) electrons. The van der Waals surface area contributed by atoms with Crippen LogP contribution in [0, 0.1) is 10.1 Å². The van der Waals surface area contributed by atoms with Crippen LogP contribution in [0.25, 0.3) is 0 Å². The van der Waals surface area contributed by atoms with Crippen LogP contribution >= 0.6 is 46.4 Å². The molecule has 0 heterocycles. The molecule has 0 aliphatic heterocycles. The average Bonchev–Trinajstić information content (AvgIpc) is 3.01. The van der Waals surface area contributed by atoms with Crippen molar-refractivity contribution in [2.45, 2.75) is 13.2 Å². The van der Waals surface area contributed by atoms with Gasteiger partial charge in [0.05, 0.1) is 57.1 Å². The number of rotatable bonds is 9. The topological polar surface area (TPSA) is 140 Å². The van der Waals surface area contributed by atoms with Gasteiger partial charge >= 0.3 is 11.9 Å². The highest BCUT2D eigenvalue weighted by Gasteiger charge is 2.17. The second-order valence-corrected chi connectivity index (χ2v) is 10.4. The second-order valence-electron chi connectivity index (χ2n) is 8.75. The first-order chi connectivity index (χ1) is 20.9. The molecule has 230 valence electrons. The van der Waals surface area contributed by atoms with Crippen LogP contribution in [0.1, 0.15) is 31.8 Å². The molecule has 4 aromatic carbocycles. The quantitative estimate of drug-likeness (QED) is 0.0801. The van der Waals surface area contributed by atoms with Crippen molar-refractivity contribution in [2.24, 2.45) is 0 Å². The number of nitrogens with zero attached hydrogens (tertiary/aromatic N) is 1. The van der Waals surface area contributed by atoms with Gasteiger partial charge in [-0.2, -0.15) is 0 Å². The van der Waals surface area contributed by atoms with E-state index in [1.165, 1.54) is 32.4 Å². The minimum absolute atomic E-state index is 0.0604. The number of methoxy groups -OCH3 is 2. The predicted octanol–water partition coefficient (Wildman–Crippen LogP) is 8.21. The molecule has 4 rings (SSSR count). The fourth-order valence-corrected chi connectivity index (χ4v) is 4.40. The number of esters is 2. The van der Waals surface area contributed by atoms with Crippen molar-refractivity contribution in [3.8, 4) is 11.5 Å². The maximum absolute atomic E-state index is 11.3. The lowest BCUT2D eigenvalue weighted by atomic mass is 10.1. The Morgan fingerprint density at radius 1 is 0.682 bits per heavy atom. The van der Waals surface area contributed by atoms with Crippen LogP contribution in [-0.4, -0.2) is 31.1 Å². The minimum atomic E-state index is -0.614. The molecule has 2 N–H and O–H groups in total. The van der Waals surface area contributed by atoms with Crippen molar-refractivity contribution in [1.82, 2.24) is 0 Å². The molecule has 0 saturated carbocycles. The molecule has 44 heavy (non-hydrogen) atoms. The molecule has 0 saturated heterocycles. The van der Waals surface area contributed by atoms with E-state index in [1.807, 2.05) is 0 Å². The SMILES string of the molecule is COC(=O)c1ccc(COc2cc(N)c(Cl)cc2Cl)cc1.COC(=O)c1ccc(COc2cc([N+](=O)[O-])c(Cl)cc2Cl)cc1. The highest BCUT2D eigenvalue weighted by Crippen LogP contribution is 2.36. The normalized spacial score (nSPS) is 10.2. The molecule has 0 atom stereocenters. The summed E-state index contributed by atoms with van der Waals surface area (Å²) in [5, 5.41) is 11.8. The van der Waals surface area contributed by atoms with E-state index in [2.05, 4.69) is 9.47 Å². The fraction of sp³-hybridized carbons (Fsp3) is 0.133. The lowest BCUT2D eigenvalue weighted by molar-refractivity contribution is -0.384. The summed E-state index contributed by atoms with van der Waals surface area (Å²) >= 11 is 23.6. The Labute approximate surface area is 272 Å². The first-order valence-electron chi connectivity index (χ1n) is 12.4. The van der Waals surface area contributed by atoms with E-state index in [-0.39, 0.29) is 34.1 Å². The Balaban J connectivity index is 0.000000241. The van der Waals surface area contributed by atoms with E-state index in [9.17, 15) is 19.7 Å². The van der Waals surface area contributed by atoms with E-state index < -0.39 is 10.9 Å². The van der Waals surface area contributed by atoms with Gasteiger partial charge in [-0.05, 0) is 47.5 Å². The number of benzene rings is 4. The average molecular weight is 682 g/mol. The van der Waals surface area contributed by atoms with Crippen LogP contribution in [0.3, 0.4) is 0 Å².